The standard InChI is InChI=1S/C21H19N4O.Pt/c1-15-14-25(3)21(23-15)17-7-5-9-19(13-17)26-18-8-4-6-16(12-18)20-22-10-11-24(20)2;/h4-11,14,21H,1-3H3;/q-1;+2. The average Bonchev–Trinajstić information content (AvgIpc) is 3.20. The molecule has 0 saturated heterocycles. The molecule has 2 heterocycles. The maximum absolute atomic E-state index is 5.99. The molecule has 5 nitrogen and oxygen atoms in total. The van der Waals surface area contributed by atoms with Gasteiger partial charge >= 0.3 is 21.1 Å². The number of ether oxygens (including phenoxy) is 1. The van der Waals surface area contributed by atoms with Crippen LogP contribution in [-0.2, 0) is 28.1 Å². The molecule has 1 atom stereocenters. The molecule has 2 aromatic carbocycles. The van der Waals surface area contributed by atoms with Crippen LogP contribution in [0.1, 0.15) is 18.7 Å². The second-order valence-corrected chi connectivity index (χ2v) is 6.30. The third-order valence-corrected chi connectivity index (χ3v) is 4.22. The molecule has 0 fully saturated rings. The Morgan fingerprint density at radius 2 is 1.85 bits per heavy atom. The number of nitrogens with zero attached hydrogens (tertiary/aromatic N) is 4. The van der Waals surface area contributed by atoms with Gasteiger partial charge in [0.15, 0.2) is 6.21 Å². The average molecular weight is 538 g/mol. The molecule has 0 spiro atoms. The Hall–Kier alpha value is -2.52. The molecule has 1 aliphatic rings. The Labute approximate surface area is 173 Å². The molecular weight excluding hydrogens is 519 g/mol. The van der Waals surface area contributed by atoms with Gasteiger partial charge in [-0.15, -0.1) is 35.9 Å². The van der Waals surface area contributed by atoms with E-state index < -0.39 is 0 Å². The number of hydrogen-bond donors (Lipinski definition) is 0. The normalized spacial score (nSPS) is 15.7. The first kappa shape index (κ1) is 19.2. The molecule has 1 aliphatic heterocycles. The van der Waals surface area contributed by atoms with Gasteiger partial charge in [-0.2, -0.15) is 12.1 Å². The smallest absolute Gasteiger partial charge is 0.503 e. The molecule has 1 aromatic heterocycles. The summed E-state index contributed by atoms with van der Waals surface area (Å²) in [7, 11) is 3.97. The summed E-state index contributed by atoms with van der Waals surface area (Å²) in [5, 5.41) is 0. The van der Waals surface area contributed by atoms with Gasteiger partial charge in [0.1, 0.15) is 12.8 Å². The van der Waals surface area contributed by atoms with E-state index >= 15 is 0 Å². The summed E-state index contributed by atoms with van der Waals surface area (Å²) in [4.78, 5) is 8.99. The minimum absolute atomic E-state index is 0. The van der Waals surface area contributed by atoms with Crippen molar-refractivity contribution in [3.8, 4) is 22.9 Å². The Bertz CT molecular complexity index is 1020. The van der Waals surface area contributed by atoms with Crippen LogP contribution < -0.4 is 4.74 Å². The molecule has 0 bridgehead atoms. The van der Waals surface area contributed by atoms with E-state index in [2.05, 4.69) is 26.7 Å². The Kier molecular flexibility index (Phi) is 5.71. The van der Waals surface area contributed by atoms with E-state index in [0.717, 1.165) is 22.7 Å². The van der Waals surface area contributed by atoms with E-state index in [0.29, 0.717) is 11.5 Å². The van der Waals surface area contributed by atoms with Crippen LogP contribution >= 0.6 is 0 Å². The first-order valence-electron chi connectivity index (χ1n) is 8.41. The van der Waals surface area contributed by atoms with Crippen molar-refractivity contribution in [3.63, 3.8) is 0 Å². The molecule has 4 rings (SSSR count). The SMILES string of the molecule is CC1=NC(c2[c-]c(Oc3[c-]c(-c4nccn4C)ccc3)ccc2)[N+](C)=C1.[Pt+2]. The third kappa shape index (κ3) is 4.09. The second kappa shape index (κ2) is 8.01. The summed E-state index contributed by atoms with van der Waals surface area (Å²) in [6, 6.07) is 18.2. The largest absolute Gasteiger partial charge is 2.00 e. The molecule has 0 amide bonds. The summed E-state index contributed by atoms with van der Waals surface area (Å²) in [6.07, 6.45) is 5.65. The number of benzene rings is 2. The van der Waals surface area contributed by atoms with Gasteiger partial charge in [-0.3, -0.25) is 4.98 Å². The summed E-state index contributed by atoms with van der Waals surface area (Å²) in [5.41, 5.74) is 2.86. The second-order valence-electron chi connectivity index (χ2n) is 6.30. The van der Waals surface area contributed by atoms with Crippen LogP contribution in [0.4, 0.5) is 0 Å². The molecule has 6 heteroatoms. The summed E-state index contributed by atoms with van der Waals surface area (Å²) in [5.74, 6) is 2.12. The van der Waals surface area contributed by atoms with Gasteiger partial charge in [-0.05, 0) is 6.92 Å². The first-order chi connectivity index (χ1) is 12.6. The fourth-order valence-electron chi connectivity index (χ4n) is 3.03. The Morgan fingerprint density at radius 1 is 1.11 bits per heavy atom. The topological polar surface area (TPSA) is 42.4 Å². The number of aromatic nitrogens is 2. The number of aliphatic imine (C=N–C) groups is 1. The van der Waals surface area contributed by atoms with Crippen LogP contribution in [0.5, 0.6) is 11.5 Å². The zero-order chi connectivity index (χ0) is 18.1. The molecule has 0 N–H and O–H groups in total. The maximum Gasteiger partial charge on any atom is 2.00 e. The van der Waals surface area contributed by atoms with Gasteiger partial charge in [-0.1, -0.05) is 11.6 Å². The molecule has 138 valence electrons. The first-order valence-corrected chi connectivity index (χ1v) is 8.41. The van der Waals surface area contributed by atoms with Gasteiger partial charge in [0.2, 0.25) is 6.17 Å². The molecule has 1 unspecified atom stereocenters. The number of imidazole rings is 1. The number of rotatable bonds is 4. The zero-order valence-electron chi connectivity index (χ0n) is 15.3. The van der Waals surface area contributed by atoms with Gasteiger partial charge in [0, 0.05) is 30.9 Å². The van der Waals surface area contributed by atoms with Gasteiger partial charge < -0.3 is 9.30 Å². The van der Waals surface area contributed by atoms with Crippen molar-refractivity contribution in [2.24, 2.45) is 12.0 Å². The third-order valence-electron chi connectivity index (χ3n) is 4.22. The fraction of sp³-hybridized carbons (Fsp3) is 0.190. The van der Waals surface area contributed by atoms with Crippen LogP contribution in [-0.4, -0.2) is 33.1 Å². The minimum atomic E-state index is -0.0542. The molecule has 3 aromatic rings. The van der Waals surface area contributed by atoms with Crippen LogP contribution in [0.15, 0.2) is 53.8 Å². The van der Waals surface area contributed by atoms with Crippen molar-refractivity contribution < 1.29 is 30.4 Å². The monoisotopic (exact) mass is 538 g/mol. The Balaban J connectivity index is 0.00000210. The van der Waals surface area contributed by atoms with Crippen molar-refractivity contribution in [3.05, 3.63) is 66.5 Å². The zero-order valence-corrected chi connectivity index (χ0v) is 17.6. The van der Waals surface area contributed by atoms with E-state index in [4.69, 9.17) is 4.74 Å². The van der Waals surface area contributed by atoms with Gasteiger partial charge in [-0.25, -0.2) is 9.57 Å². The van der Waals surface area contributed by atoms with Crippen LogP contribution in [0, 0.1) is 12.1 Å². The quantitative estimate of drug-likeness (QED) is 0.376. The Morgan fingerprint density at radius 3 is 2.52 bits per heavy atom. The van der Waals surface area contributed by atoms with Crippen molar-refractivity contribution in [1.29, 1.82) is 0 Å². The summed E-state index contributed by atoms with van der Waals surface area (Å²) >= 11 is 0. The maximum atomic E-state index is 5.99. The number of hydrogen-bond acceptors (Lipinski definition) is 3. The van der Waals surface area contributed by atoms with E-state index in [1.54, 1.807) is 6.20 Å². The molecular formula is C21H19N4OPt+. The predicted octanol–water partition coefficient (Wildman–Crippen LogP) is 3.66. The molecule has 0 radical (unpaired) electrons. The summed E-state index contributed by atoms with van der Waals surface area (Å²) < 4.78 is 10.0. The van der Waals surface area contributed by atoms with E-state index in [9.17, 15) is 0 Å². The summed E-state index contributed by atoms with van der Waals surface area (Å²) in [6.45, 7) is 1.99. The van der Waals surface area contributed by atoms with Crippen LogP contribution in [0.2, 0.25) is 0 Å². The van der Waals surface area contributed by atoms with Crippen molar-refractivity contribution in [1.82, 2.24) is 9.55 Å². The van der Waals surface area contributed by atoms with Gasteiger partial charge in [0.25, 0.3) is 0 Å². The molecule has 0 saturated carbocycles. The van der Waals surface area contributed by atoms with E-state index in [-0.39, 0.29) is 27.2 Å². The fourth-order valence-corrected chi connectivity index (χ4v) is 3.03. The van der Waals surface area contributed by atoms with Crippen LogP contribution in [0.3, 0.4) is 0 Å². The number of aryl methyl sites for hydroxylation is 1. The van der Waals surface area contributed by atoms with Crippen LogP contribution in [0.25, 0.3) is 11.4 Å². The molecule has 0 aliphatic carbocycles. The van der Waals surface area contributed by atoms with Gasteiger partial charge in [0.05, 0.1) is 5.82 Å². The van der Waals surface area contributed by atoms with Crippen molar-refractivity contribution in [2.75, 3.05) is 7.05 Å². The molecule has 27 heavy (non-hydrogen) atoms. The predicted molar refractivity (Wildman–Crippen MR) is 101 cm³/mol. The van der Waals surface area contributed by atoms with Crippen molar-refractivity contribution >= 4 is 11.9 Å². The van der Waals surface area contributed by atoms with Crippen molar-refractivity contribution in [2.45, 2.75) is 13.1 Å². The van der Waals surface area contributed by atoms with E-state index in [1.807, 2.05) is 74.4 Å². The van der Waals surface area contributed by atoms with E-state index in [1.165, 1.54) is 0 Å². The minimum Gasteiger partial charge on any atom is -0.503 e.